The number of carbonyl (C=O) groups is 8. The number of carbonyl (C=O) groups excluding carboxylic acids is 8. The Labute approximate surface area is 407 Å². The van der Waals surface area contributed by atoms with Crippen LogP contribution in [0, 0.1) is 0 Å². The first-order valence-electron chi connectivity index (χ1n) is 21.9. The van der Waals surface area contributed by atoms with Crippen LogP contribution in [0.2, 0.25) is 0 Å². The van der Waals surface area contributed by atoms with Crippen molar-refractivity contribution in [3.05, 3.63) is 214 Å². The number of hydrogen-bond acceptors (Lipinski definition) is 14. The molecule has 4 N–H and O–H groups in total. The van der Waals surface area contributed by atoms with Gasteiger partial charge in [0.1, 0.15) is 23.0 Å². The Hall–Kier alpha value is -10.5. The molecule has 12 rings (SSSR count). The standard InChI is InChI=1S/C40H26N4O6.C16H6O6/c41-24-5-13-28(14-6-24)49-30-17-9-26(10-18-30)43-37(45)33-21-4-23(22-35(33)39(43)47)32-2-1-3-34-36(32)40(48)44(38(34)46)27-11-19-31(20-12-27)50-29-15-7-25(42)8-16-29;17-13-9-5-4-7(6-11(9)15(19)21-13)8-2-1-3-10-12(8)16(20)22-14(10)18/h1-22H,41-42H2;1-6H. The maximum atomic E-state index is 13.9. The van der Waals surface area contributed by atoms with Gasteiger partial charge < -0.3 is 30.4 Å². The van der Waals surface area contributed by atoms with Crippen molar-refractivity contribution in [3.63, 3.8) is 0 Å². The van der Waals surface area contributed by atoms with Crippen molar-refractivity contribution in [2.75, 3.05) is 21.3 Å². The van der Waals surface area contributed by atoms with Gasteiger partial charge in [-0.3, -0.25) is 19.2 Å². The lowest BCUT2D eigenvalue weighted by molar-refractivity contribution is 0.0426. The molecule has 0 radical (unpaired) electrons. The lowest BCUT2D eigenvalue weighted by Crippen LogP contribution is -2.29. The topological polar surface area (TPSA) is 232 Å². The van der Waals surface area contributed by atoms with Crippen molar-refractivity contribution in [2.24, 2.45) is 0 Å². The summed E-state index contributed by atoms with van der Waals surface area (Å²) in [6.07, 6.45) is 0. The third-order valence-electron chi connectivity index (χ3n) is 12.2. The van der Waals surface area contributed by atoms with Crippen LogP contribution in [0.4, 0.5) is 22.7 Å². The van der Waals surface area contributed by atoms with Gasteiger partial charge in [-0.1, -0.05) is 36.4 Å². The van der Waals surface area contributed by atoms with E-state index in [2.05, 4.69) is 9.47 Å². The lowest BCUT2D eigenvalue weighted by Gasteiger charge is -2.15. The first-order valence-corrected chi connectivity index (χ1v) is 21.9. The van der Waals surface area contributed by atoms with Gasteiger partial charge >= 0.3 is 23.9 Å². The quantitative estimate of drug-likeness (QED) is 0.0625. The molecule has 0 spiro atoms. The Morgan fingerprint density at radius 1 is 0.319 bits per heavy atom. The number of nitrogens with zero attached hydrogens (tertiary/aromatic N) is 2. The maximum Gasteiger partial charge on any atom is 0.347 e. The highest BCUT2D eigenvalue weighted by atomic mass is 16.6. The van der Waals surface area contributed by atoms with E-state index in [1.54, 1.807) is 152 Å². The molecule has 4 amide bonds. The van der Waals surface area contributed by atoms with Crippen molar-refractivity contribution < 1.29 is 57.3 Å². The number of benzene rings is 8. The molecule has 4 heterocycles. The highest BCUT2D eigenvalue weighted by molar-refractivity contribution is 6.37. The summed E-state index contributed by atoms with van der Waals surface area (Å²) in [4.78, 5) is 103. The summed E-state index contributed by atoms with van der Waals surface area (Å²) < 4.78 is 20.8. The Morgan fingerprint density at radius 3 is 1.26 bits per heavy atom. The molecule has 0 saturated carbocycles. The molecular formula is C56H32N4O12. The molecule has 16 nitrogen and oxygen atoms in total. The number of anilines is 4. The van der Waals surface area contributed by atoms with E-state index < -0.39 is 47.5 Å². The summed E-state index contributed by atoms with van der Waals surface area (Å²) in [6.45, 7) is 0. The molecule has 0 fully saturated rings. The summed E-state index contributed by atoms with van der Waals surface area (Å²) in [5.74, 6) is -2.57. The fourth-order valence-corrected chi connectivity index (χ4v) is 8.70. The molecule has 72 heavy (non-hydrogen) atoms. The van der Waals surface area contributed by atoms with Gasteiger partial charge in [0.25, 0.3) is 23.6 Å². The van der Waals surface area contributed by atoms with Crippen LogP contribution in [-0.4, -0.2) is 47.5 Å². The zero-order valence-corrected chi connectivity index (χ0v) is 37.1. The van der Waals surface area contributed by atoms with Crippen LogP contribution in [-0.2, 0) is 9.47 Å². The molecule has 8 aromatic rings. The highest BCUT2D eigenvalue weighted by Crippen LogP contribution is 2.39. The van der Waals surface area contributed by atoms with E-state index in [1.807, 2.05) is 0 Å². The monoisotopic (exact) mass is 952 g/mol. The Morgan fingerprint density at radius 2 is 0.708 bits per heavy atom. The van der Waals surface area contributed by atoms with Gasteiger partial charge in [0.15, 0.2) is 0 Å². The third kappa shape index (κ3) is 7.62. The number of imide groups is 2. The van der Waals surface area contributed by atoms with Crippen LogP contribution in [0.5, 0.6) is 23.0 Å². The number of hydrogen-bond donors (Lipinski definition) is 2. The Kier molecular flexibility index (Phi) is 10.5. The van der Waals surface area contributed by atoms with Crippen molar-refractivity contribution in [1.29, 1.82) is 0 Å². The fourth-order valence-electron chi connectivity index (χ4n) is 8.70. The van der Waals surface area contributed by atoms with Crippen molar-refractivity contribution >= 4 is 70.3 Å². The average molecular weight is 953 g/mol. The van der Waals surface area contributed by atoms with E-state index in [4.69, 9.17) is 20.9 Å². The number of rotatable bonds is 8. The number of amides is 4. The molecule has 0 saturated heterocycles. The van der Waals surface area contributed by atoms with E-state index in [9.17, 15) is 38.4 Å². The van der Waals surface area contributed by atoms with E-state index in [-0.39, 0.29) is 44.5 Å². The Bertz CT molecular complexity index is 3700. The van der Waals surface area contributed by atoms with E-state index >= 15 is 0 Å². The van der Waals surface area contributed by atoms with Crippen LogP contribution in [0.15, 0.2) is 170 Å². The lowest BCUT2D eigenvalue weighted by atomic mass is 9.94. The predicted molar refractivity (Wildman–Crippen MR) is 260 cm³/mol. The molecule has 0 aromatic heterocycles. The van der Waals surface area contributed by atoms with Gasteiger partial charge in [-0.05, 0) is 156 Å². The second kappa shape index (κ2) is 17.2. The van der Waals surface area contributed by atoms with Gasteiger partial charge in [0, 0.05) is 11.4 Å². The van der Waals surface area contributed by atoms with Gasteiger partial charge in [-0.2, -0.15) is 0 Å². The number of cyclic esters (lactones) is 4. The molecule has 8 aromatic carbocycles. The first-order chi connectivity index (χ1) is 34.8. The van der Waals surface area contributed by atoms with Gasteiger partial charge in [-0.25, -0.2) is 29.0 Å². The molecule has 16 heteroatoms. The minimum atomic E-state index is -0.729. The van der Waals surface area contributed by atoms with Crippen LogP contribution < -0.4 is 30.7 Å². The minimum absolute atomic E-state index is 0.137. The van der Waals surface area contributed by atoms with Crippen molar-refractivity contribution in [3.8, 4) is 45.3 Å². The summed E-state index contributed by atoms with van der Waals surface area (Å²) in [7, 11) is 0. The average Bonchev–Trinajstić information content (AvgIpc) is 4.04. The summed E-state index contributed by atoms with van der Waals surface area (Å²) in [5.41, 5.74) is 17.0. The SMILES string of the molecule is Nc1ccc(Oc2ccc(N3C(=O)c4ccc(-c5cccc6c5C(=O)N(c5ccc(Oc7ccc(N)cc7)cc5)C6=O)cc4C3=O)cc2)cc1.O=C1OC(=O)c2cc(-c3cccc4c3C(=O)OC4=O)ccc21. The minimum Gasteiger partial charge on any atom is -0.457 e. The number of nitrogen functional groups attached to an aromatic ring is 2. The number of nitrogens with two attached hydrogens (primary N) is 2. The van der Waals surface area contributed by atoms with Crippen molar-refractivity contribution in [2.45, 2.75) is 0 Å². The summed E-state index contributed by atoms with van der Waals surface area (Å²) in [6, 6.07) is 46.2. The molecule has 4 aliphatic heterocycles. The zero-order chi connectivity index (χ0) is 49.9. The van der Waals surface area contributed by atoms with Gasteiger partial charge in [0.2, 0.25) is 0 Å². The largest absolute Gasteiger partial charge is 0.457 e. The zero-order valence-electron chi connectivity index (χ0n) is 37.1. The number of ether oxygens (including phenoxy) is 4. The third-order valence-corrected chi connectivity index (χ3v) is 12.2. The van der Waals surface area contributed by atoms with Crippen LogP contribution >= 0.6 is 0 Å². The second-order valence-electron chi connectivity index (χ2n) is 16.6. The van der Waals surface area contributed by atoms with Crippen molar-refractivity contribution in [1.82, 2.24) is 0 Å². The number of esters is 4. The second-order valence-corrected chi connectivity index (χ2v) is 16.6. The van der Waals surface area contributed by atoms with Crippen LogP contribution in [0.1, 0.15) is 82.9 Å². The van der Waals surface area contributed by atoms with Crippen LogP contribution in [0.3, 0.4) is 0 Å². The first kappa shape index (κ1) is 44.1. The normalized spacial score (nSPS) is 14.1. The molecule has 0 unspecified atom stereocenters. The van der Waals surface area contributed by atoms with E-state index in [0.29, 0.717) is 68.0 Å². The van der Waals surface area contributed by atoms with E-state index in [1.165, 1.54) is 18.2 Å². The highest BCUT2D eigenvalue weighted by Gasteiger charge is 2.41. The summed E-state index contributed by atoms with van der Waals surface area (Å²) >= 11 is 0. The fraction of sp³-hybridized carbons (Fsp3) is 0. The van der Waals surface area contributed by atoms with E-state index in [0.717, 1.165) is 9.80 Å². The van der Waals surface area contributed by atoms with Crippen LogP contribution in [0.25, 0.3) is 22.3 Å². The maximum absolute atomic E-state index is 13.9. The molecular weight excluding hydrogens is 921 g/mol. The number of fused-ring (bicyclic) bond motifs is 4. The smallest absolute Gasteiger partial charge is 0.347 e. The predicted octanol–water partition coefficient (Wildman–Crippen LogP) is 9.68. The molecule has 0 atom stereocenters. The van der Waals surface area contributed by atoms with Gasteiger partial charge in [-0.15, -0.1) is 0 Å². The Balaban J connectivity index is 0.000000211. The molecule has 0 aliphatic carbocycles. The van der Waals surface area contributed by atoms with Gasteiger partial charge in [0.05, 0.1) is 55.9 Å². The summed E-state index contributed by atoms with van der Waals surface area (Å²) in [5, 5.41) is 0. The molecule has 348 valence electrons. The molecule has 0 bridgehead atoms. The molecule has 4 aliphatic rings.